The van der Waals surface area contributed by atoms with E-state index in [0.717, 1.165) is 18.8 Å². The average molecular weight is 232 g/mol. The number of anilines is 1. The minimum absolute atomic E-state index is 0.665. The summed E-state index contributed by atoms with van der Waals surface area (Å²) in [7, 11) is 4.06. The maximum Gasteiger partial charge on any atom is 0.247 e. The zero-order valence-electron chi connectivity index (χ0n) is 10.0. The van der Waals surface area contributed by atoms with Crippen LogP contribution in [0.1, 0.15) is 0 Å². The van der Waals surface area contributed by atoms with E-state index in [1.807, 2.05) is 44.4 Å². The summed E-state index contributed by atoms with van der Waals surface area (Å²) in [6, 6.07) is 9.81. The SMILES string of the molecule is CN(C)CCNc1nnnn1-c1ccccc1. The van der Waals surface area contributed by atoms with Gasteiger partial charge in [-0.1, -0.05) is 23.3 Å². The molecule has 1 aromatic heterocycles. The van der Waals surface area contributed by atoms with Crippen LogP contribution in [0.2, 0.25) is 0 Å². The number of nitrogens with one attached hydrogen (secondary N) is 1. The van der Waals surface area contributed by atoms with Crippen LogP contribution in [0.5, 0.6) is 0 Å². The Morgan fingerprint density at radius 2 is 2.00 bits per heavy atom. The van der Waals surface area contributed by atoms with E-state index in [1.54, 1.807) is 4.68 Å². The zero-order chi connectivity index (χ0) is 12.1. The number of para-hydroxylation sites is 1. The molecule has 0 amide bonds. The minimum atomic E-state index is 0.665. The molecule has 0 atom stereocenters. The van der Waals surface area contributed by atoms with Gasteiger partial charge in [0.05, 0.1) is 5.69 Å². The Kier molecular flexibility index (Phi) is 3.66. The highest BCUT2D eigenvalue weighted by Gasteiger charge is 2.06. The van der Waals surface area contributed by atoms with Gasteiger partial charge in [0.15, 0.2) is 0 Å². The lowest BCUT2D eigenvalue weighted by Crippen LogP contribution is -2.22. The van der Waals surface area contributed by atoms with Gasteiger partial charge >= 0.3 is 0 Å². The van der Waals surface area contributed by atoms with E-state index in [0.29, 0.717) is 5.95 Å². The van der Waals surface area contributed by atoms with Crippen molar-refractivity contribution in [1.82, 2.24) is 25.1 Å². The molecule has 6 heteroatoms. The van der Waals surface area contributed by atoms with E-state index in [-0.39, 0.29) is 0 Å². The smallest absolute Gasteiger partial charge is 0.247 e. The van der Waals surface area contributed by atoms with E-state index < -0.39 is 0 Å². The number of nitrogens with zero attached hydrogens (tertiary/aromatic N) is 5. The third kappa shape index (κ3) is 3.01. The summed E-state index contributed by atoms with van der Waals surface area (Å²) in [6.45, 7) is 1.74. The van der Waals surface area contributed by atoms with Crippen LogP contribution >= 0.6 is 0 Å². The fourth-order valence-electron chi connectivity index (χ4n) is 1.43. The van der Waals surface area contributed by atoms with E-state index in [4.69, 9.17) is 0 Å². The van der Waals surface area contributed by atoms with Gasteiger partial charge in [-0.2, -0.15) is 4.68 Å². The zero-order valence-corrected chi connectivity index (χ0v) is 10.0. The number of benzene rings is 1. The lowest BCUT2D eigenvalue weighted by atomic mass is 10.3. The first-order valence-electron chi connectivity index (χ1n) is 5.50. The maximum absolute atomic E-state index is 3.96. The van der Waals surface area contributed by atoms with Gasteiger partial charge in [-0.05, 0) is 36.7 Å². The summed E-state index contributed by atoms with van der Waals surface area (Å²) >= 11 is 0. The molecule has 2 rings (SSSR count). The molecule has 0 saturated heterocycles. The molecule has 6 nitrogen and oxygen atoms in total. The molecule has 0 unspecified atom stereocenters. The van der Waals surface area contributed by atoms with Gasteiger partial charge in [0.25, 0.3) is 0 Å². The predicted octanol–water partition coefficient (Wildman–Crippen LogP) is 0.636. The standard InChI is InChI=1S/C11H16N6/c1-16(2)9-8-12-11-13-14-15-17(11)10-6-4-3-5-7-10/h3-7H,8-9H2,1-2H3,(H,12,13,15). The molecule has 2 aromatic rings. The van der Waals surface area contributed by atoms with Gasteiger partial charge in [-0.25, -0.2) is 0 Å². The molecule has 0 aliphatic heterocycles. The molecule has 0 saturated carbocycles. The lowest BCUT2D eigenvalue weighted by molar-refractivity contribution is 0.424. The molecule has 0 bridgehead atoms. The van der Waals surface area contributed by atoms with Crippen molar-refractivity contribution in [2.45, 2.75) is 0 Å². The highest BCUT2D eigenvalue weighted by atomic mass is 15.6. The molecule has 1 heterocycles. The molecule has 0 aliphatic rings. The van der Waals surface area contributed by atoms with Gasteiger partial charge in [-0.3, -0.25) is 0 Å². The quantitative estimate of drug-likeness (QED) is 0.819. The molecule has 90 valence electrons. The van der Waals surface area contributed by atoms with Crippen LogP contribution in [0.3, 0.4) is 0 Å². The van der Waals surface area contributed by atoms with Gasteiger partial charge in [0, 0.05) is 13.1 Å². The summed E-state index contributed by atoms with van der Waals surface area (Å²) < 4.78 is 1.69. The van der Waals surface area contributed by atoms with Crippen molar-refractivity contribution < 1.29 is 0 Å². The Morgan fingerprint density at radius 1 is 1.24 bits per heavy atom. The molecular weight excluding hydrogens is 216 g/mol. The summed E-state index contributed by atoms with van der Waals surface area (Å²) in [5.74, 6) is 0.665. The van der Waals surface area contributed by atoms with Crippen LogP contribution in [-0.2, 0) is 0 Å². The highest BCUT2D eigenvalue weighted by molar-refractivity contribution is 5.38. The Morgan fingerprint density at radius 3 is 2.71 bits per heavy atom. The first-order chi connectivity index (χ1) is 8.27. The average Bonchev–Trinajstić information content (AvgIpc) is 2.78. The van der Waals surface area contributed by atoms with Gasteiger partial charge in [-0.15, -0.1) is 0 Å². The summed E-state index contributed by atoms with van der Waals surface area (Å²) in [5, 5.41) is 14.8. The second-order valence-corrected chi connectivity index (χ2v) is 3.98. The number of likely N-dealkylation sites (N-methyl/N-ethyl adjacent to an activating group) is 1. The largest absolute Gasteiger partial charge is 0.351 e. The fourth-order valence-corrected chi connectivity index (χ4v) is 1.43. The normalized spacial score (nSPS) is 10.8. The van der Waals surface area contributed by atoms with Crippen molar-refractivity contribution in [2.24, 2.45) is 0 Å². The van der Waals surface area contributed by atoms with E-state index in [2.05, 4.69) is 25.7 Å². The second-order valence-electron chi connectivity index (χ2n) is 3.98. The summed E-state index contributed by atoms with van der Waals surface area (Å²) in [5.41, 5.74) is 0.949. The van der Waals surface area contributed by atoms with E-state index in [9.17, 15) is 0 Å². The lowest BCUT2D eigenvalue weighted by Gasteiger charge is -2.10. The second kappa shape index (κ2) is 5.40. The fraction of sp³-hybridized carbons (Fsp3) is 0.364. The van der Waals surface area contributed by atoms with Crippen LogP contribution in [0.4, 0.5) is 5.95 Å². The van der Waals surface area contributed by atoms with Crippen LogP contribution in [0.25, 0.3) is 5.69 Å². The van der Waals surface area contributed by atoms with Crippen LogP contribution in [-0.4, -0.2) is 52.3 Å². The number of hydrogen-bond acceptors (Lipinski definition) is 5. The van der Waals surface area contributed by atoms with E-state index in [1.165, 1.54) is 0 Å². The topological polar surface area (TPSA) is 58.9 Å². The monoisotopic (exact) mass is 232 g/mol. The van der Waals surface area contributed by atoms with Crippen molar-refractivity contribution in [3.8, 4) is 5.69 Å². The minimum Gasteiger partial charge on any atom is -0.351 e. The van der Waals surface area contributed by atoms with Crippen LogP contribution < -0.4 is 5.32 Å². The summed E-state index contributed by atoms with van der Waals surface area (Å²) in [6.07, 6.45) is 0. The Balaban J connectivity index is 2.07. The van der Waals surface area contributed by atoms with Crippen LogP contribution in [0.15, 0.2) is 30.3 Å². The third-order valence-electron chi connectivity index (χ3n) is 2.31. The Bertz CT molecular complexity index is 450. The molecule has 0 spiro atoms. The van der Waals surface area contributed by atoms with Gasteiger partial charge in [0.1, 0.15) is 0 Å². The Labute approximate surface area is 100 Å². The molecule has 1 N–H and O–H groups in total. The maximum atomic E-state index is 3.96. The van der Waals surface area contributed by atoms with Crippen molar-refractivity contribution in [3.63, 3.8) is 0 Å². The number of aromatic nitrogens is 4. The van der Waals surface area contributed by atoms with Crippen molar-refractivity contribution in [1.29, 1.82) is 0 Å². The molecule has 1 aromatic carbocycles. The van der Waals surface area contributed by atoms with Crippen LogP contribution in [0, 0.1) is 0 Å². The third-order valence-corrected chi connectivity index (χ3v) is 2.31. The first-order valence-corrected chi connectivity index (χ1v) is 5.50. The molecule has 0 fully saturated rings. The predicted molar refractivity (Wildman–Crippen MR) is 66.2 cm³/mol. The van der Waals surface area contributed by atoms with Crippen molar-refractivity contribution in [2.75, 3.05) is 32.5 Å². The summed E-state index contributed by atoms with van der Waals surface area (Å²) in [4.78, 5) is 2.10. The first kappa shape index (κ1) is 11.5. The number of tetrazole rings is 1. The Hall–Kier alpha value is -1.95. The number of hydrogen-bond donors (Lipinski definition) is 1. The van der Waals surface area contributed by atoms with Gasteiger partial charge in [0.2, 0.25) is 5.95 Å². The van der Waals surface area contributed by atoms with E-state index >= 15 is 0 Å². The molecule has 17 heavy (non-hydrogen) atoms. The van der Waals surface area contributed by atoms with Crippen molar-refractivity contribution >= 4 is 5.95 Å². The molecule has 0 aliphatic carbocycles. The van der Waals surface area contributed by atoms with Gasteiger partial charge < -0.3 is 10.2 Å². The molecular formula is C11H16N6. The number of rotatable bonds is 5. The van der Waals surface area contributed by atoms with Crippen molar-refractivity contribution in [3.05, 3.63) is 30.3 Å². The highest BCUT2D eigenvalue weighted by Crippen LogP contribution is 2.09. The molecule has 0 radical (unpaired) electrons.